The second-order valence-corrected chi connectivity index (χ2v) is 10.0. The number of anilines is 1. The molecule has 2 fully saturated rings. The number of hydrogen-bond donors (Lipinski definition) is 1. The minimum atomic E-state index is 0.0583. The van der Waals surface area contributed by atoms with Crippen molar-refractivity contribution in [1.29, 1.82) is 0 Å². The molecular formula is C28H35N5O2. The molecule has 1 aromatic heterocycles. The van der Waals surface area contributed by atoms with E-state index in [9.17, 15) is 4.79 Å². The molecule has 7 heteroatoms. The first-order chi connectivity index (χ1) is 17.1. The molecule has 184 valence electrons. The van der Waals surface area contributed by atoms with E-state index in [0.29, 0.717) is 24.8 Å². The average molecular weight is 474 g/mol. The third-order valence-electron chi connectivity index (χ3n) is 7.24. The van der Waals surface area contributed by atoms with E-state index >= 15 is 0 Å². The number of piperidine rings is 2. The zero-order valence-electron chi connectivity index (χ0n) is 20.5. The van der Waals surface area contributed by atoms with Crippen LogP contribution in [-0.4, -0.2) is 47.1 Å². The third kappa shape index (κ3) is 6.09. The predicted molar refractivity (Wildman–Crippen MR) is 137 cm³/mol. The Labute approximate surface area is 207 Å². The van der Waals surface area contributed by atoms with Gasteiger partial charge in [0.25, 0.3) is 0 Å². The lowest BCUT2D eigenvalue weighted by atomic mass is 9.96. The molecular weight excluding hydrogens is 438 g/mol. The molecule has 1 atom stereocenters. The van der Waals surface area contributed by atoms with E-state index in [-0.39, 0.29) is 11.8 Å². The van der Waals surface area contributed by atoms with E-state index < -0.39 is 0 Å². The van der Waals surface area contributed by atoms with Crippen molar-refractivity contribution in [2.24, 2.45) is 11.8 Å². The van der Waals surface area contributed by atoms with Crippen molar-refractivity contribution < 1.29 is 9.32 Å². The van der Waals surface area contributed by atoms with E-state index in [2.05, 4.69) is 56.4 Å². The predicted octanol–water partition coefficient (Wildman–Crippen LogP) is 4.50. The second-order valence-electron chi connectivity index (χ2n) is 10.0. The van der Waals surface area contributed by atoms with Crippen molar-refractivity contribution in [1.82, 2.24) is 20.4 Å². The number of nitrogens with one attached hydrogen (secondary N) is 1. The lowest BCUT2D eigenvalue weighted by Crippen LogP contribution is -2.40. The van der Waals surface area contributed by atoms with Gasteiger partial charge in [-0.15, -0.1) is 0 Å². The number of benzene rings is 2. The van der Waals surface area contributed by atoms with Gasteiger partial charge in [0.1, 0.15) is 0 Å². The molecule has 5 rings (SSSR count). The SMILES string of the molecule is CC1CCCN(c2ccc(CNC(=O)C3CCN(Cc4nc(-c5ccccc5)no4)CC3)cc2)C1. The van der Waals surface area contributed by atoms with Gasteiger partial charge in [0.15, 0.2) is 0 Å². The molecule has 3 heterocycles. The van der Waals surface area contributed by atoms with Crippen molar-refractivity contribution >= 4 is 11.6 Å². The van der Waals surface area contributed by atoms with Crippen molar-refractivity contribution in [2.75, 3.05) is 31.1 Å². The molecule has 1 amide bonds. The summed E-state index contributed by atoms with van der Waals surface area (Å²) in [6.07, 6.45) is 4.28. The first-order valence-corrected chi connectivity index (χ1v) is 12.9. The van der Waals surface area contributed by atoms with Gasteiger partial charge in [-0.05, 0) is 62.4 Å². The Kier molecular flexibility index (Phi) is 7.42. The van der Waals surface area contributed by atoms with E-state index in [4.69, 9.17) is 4.52 Å². The van der Waals surface area contributed by atoms with E-state index in [1.165, 1.54) is 18.5 Å². The highest BCUT2D eigenvalue weighted by Gasteiger charge is 2.26. The molecule has 2 aliphatic rings. The van der Waals surface area contributed by atoms with Gasteiger partial charge in [-0.3, -0.25) is 9.69 Å². The van der Waals surface area contributed by atoms with Crippen molar-refractivity contribution in [3.63, 3.8) is 0 Å². The summed E-state index contributed by atoms with van der Waals surface area (Å²) in [5.74, 6) is 2.21. The zero-order valence-corrected chi connectivity index (χ0v) is 20.5. The Morgan fingerprint density at radius 3 is 2.54 bits per heavy atom. The number of aromatic nitrogens is 2. The molecule has 7 nitrogen and oxygen atoms in total. The maximum atomic E-state index is 12.8. The fourth-order valence-corrected chi connectivity index (χ4v) is 5.15. The maximum absolute atomic E-state index is 12.8. The Morgan fingerprint density at radius 1 is 1.03 bits per heavy atom. The quantitative estimate of drug-likeness (QED) is 0.545. The van der Waals surface area contributed by atoms with Crippen LogP contribution < -0.4 is 10.2 Å². The average Bonchev–Trinajstić information content (AvgIpc) is 3.37. The molecule has 0 spiro atoms. The molecule has 2 aliphatic heterocycles. The summed E-state index contributed by atoms with van der Waals surface area (Å²) in [4.78, 5) is 22.1. The number of carbonyl (C=O) groups excluding carboxylic acids is 1. The second kappa shape index (κ2) is 11.0. The van der Waals surface area contributed by atoms with Gasteiger partial charge in [-0.1, -0.05) is 54.5 Å². The maximum Gasteiger partial charge on any atom is 0.241 e. The largest absolute Gasteiger partial charge is 0.371 e. The summed E-state index contributed by atoms with van der Waals surface area (Å²) in [6.45, 7) is 7.51. The van der Waals surface area contributed by atoms with Crippen LogP contribution in [0, 0.1) is 11.8 Å². The van der Waals surface area contributed by atoms with E-state index in [1.54, 1.807) is 0 Å². The van der Waals surface area contributed by atoms with Gasteiger partial charge in [0, 0.05) is 36.8 Å². The van der Waals surface area contributed by atoms with Crippen molar-refractivity contribution in [3.05, 3.63) is 66.1 Å². The van der Waals surface area contributed by atoms with Crippen LogP contribution in [-0.2, 0) is 17.9 Å². The molecule has 0 bridgehead atoms. The van der Waals surface area contributed by atoms with Crippen LogP contribution in [0.5, 0.6) is 0 Å². The van der Waals surface area contributed by atoms with Crippen molar-refractivity contribution in [3.8, 4) is 11.4 Å². The minimum absolute atomic E-state index is 0.0583. The molecule has 0 saturated carbocycles. The minimum Gasteiger partial charge on any atom is -0.371 e. The lowest BCUT2D eigenvalue weighted by molar-refractivity contribution is -0.126. The molecule has 1 unspecified atom stereocenters. The number of carbonyl (C=O) groups is 1. The summed E-state index contributed by atoms with van der Waals surface area (Å²) in [6, 6.07) is 18.5. The van der Waals surface area contributed by atoms with Crippen LogP contribution in [0.2, 0.25) is 0 Å². The summed E-state index contributed by atoms with van der Waals surface area (Å²) < 4.78 is 5.45. The topological polar surface area (TPSA) is 74.5 Å². The number of rotatable bonds is 7. The Bertz CT molecular complexity index is 1090. The Morgan fingerprint density at radius 2 is 1.80 bits per heavy atom. The summed E-state index contributed by atoms with van der Waals surface area (Å²) in [5.41, 5.74) is 3.39. The molecule has 0 radical (unpaired) electrons. The van der Waals surface area contributed by atoms with Gasteiger partial charge >= 0.3 is 0 Å². The van der Waals surface area contributed by atoms with Crippen molar-refractivity contribution in [2.45, 2.75) is 45.7 Å². The zero-order chi connectivity index (χ0) is 24.0. The normalized spacial score (nSPS) is 19.6. The first kappa shape index (κ1) is 23.5. The van der Waals surface area contributed by atoms with E-state index in [0.717, 1.165) is 56.1 Å². The summed E-state index contributed by atoms with van der Waals surface area (Å²) in [7, 11) is 0. The van der Waals surface area contributed by atoms with Crippen LogP contribution in [0.1, 0.15) is 44.1 Å². The van der Waals surface area contributed by atoms with Crippen LogP contribution in [0.3, 0.4) is 0 Å². The van der Waals surface area contributed by atoms with Crippen LogP contribution in [0.15, 0.2) is 59.1 Å². The Balaban J connectivity index is 1.05. The van der Waals surface area contributed by atoms with Gasteiger partial charge in [-0.25, -0.2) is 0 Å². The fourth-order valence-electron chi connectivity index (χ4n) is 5.15. The highest BCUT2D eigenvalue weighted by Crippen LogP contribution is 2.24. The summed E-state index contributed by atoms with van der Waals surface area (Å²) in [5, 5.41) is 7.25. The van der Waals surface area contributed by atoms with Crippen LogP contribution in [0.25, 0.3) is 11.4 Å². The highest BCUT2D eigenvalue weighted by atomic mass is 16.5. The lowest BCUT2D eigenvalue weighted by Gasteiger charge is -2.33. The monoisotopic (exact) mass is 473 g/mol. The molecule has 0 aliphatic carbocycles. The van der Waals surface area contributed by atoms with Gasteiger partial charge < -0.3 is 14.7 Å². The first-order valence-electron chi connectivity index (χ1n) is 12.9. The standard InChI is InChI=1S/C28H35N5O2/c1-21-6-5-15-33(19-21)25-11-9-22(10-12-25)18-29-28(34)24-13-16-32(17-14-24)20-26-30-27(31-35-26)23-7-3-2-4-8-23/h2-4,7-12,21,24H,5-6,13-20H2,1H3,(H,29,34). The molecule has 2 aromatic carbocycles. The number of amides is 1. The Hall–Kier alpha value is -3.19. The van der Waals surface area contributed by atoms with Gasteiger partial charge in [0.05, 0.1) is 6.54 Å². The third-order valence-corrected chi connectivity index (χ3v) is 7.24. The van der Waals surface area contributed by atoms with Gasteiger partial charge in [0.2, 0.25) is 17.6 Å². The molecule has 3 aromatic rings. The summed E-state index contributed by atoms with van der Waals surface area (Å²) >= 11 is 0. The number of likely N-dealkylation sites (tertiary alicyclic amines) is 1. The molecule has 2 saturated heterocycles. The smallest absolute Gasteiger partial charge is 0.241 e. The van der Waals surface area contributed by atoms with Gasteiger partial charge in [-0.2, -0.15) is 4.98 Å². The number of hydrogen-bond acceptors (Lipinski definition) is 6. The van der Waals surface area contributed by atoms with E-state index in [1.807, 2.05) is 30.3 Å². The molecule has 35 heavy (non-hydrogen) atoms. The highest BCUT2D eigenvalue weighted by molar-refractivity contribution is 5.78. The van der Waals surface area contributed by atoms with Crippen LogP contribution >= 0.6 is 0 Å². The number of nitrogens with zero attached hydrogens (tertiary/aromatic N) is 4. The fraction of sp³-hybridized carbons (Fsp3) is 0.464. The molecule has 1 N–H and O–H groups in total. The van der Waals surface area contributed by atoms with Crippen LogP contribution in [0.4, 0.5) is 5.69 Å².